The average Bonchev–Trinajstić information content (AvgIpc) is 2.28. The van der Waals surface area contributed by atoms with Crippen LogP contribution in [0.25, 0.3) is 0 Å². The molecule has 2 aromatic carbocycles. The van der Waals surface area contributed by atoms with Crippen LogP contribution in [0.5, 0.6) is 0 Å². The summed E-state index contributed by atoms with van der Waals surface area (Å²) in [7, 11) is -1.31. The zero-order chi connectivity index (χ0) is 13.1. The number of nitrogens with two attached hydrogens (primary N) is 1. The predicted octanol–water partition coefficient (Wildman–Crippen LogP) is 3.37. The molecule has 0 amide bonds. The summed E-state index contributed by atoms with van der Waals surface area (Å²) in [6.07, 6.45) is 0. The van der Waals surface area contributed by atoms with Gasteiger partial charge in [-0.3, -0.25) is 4.21 Å². The normalized spacial score (nSPS) is 12.3. The maximum Gasteiger partial charge on any atom is 0.123 e. The minimum absolute atomic E-state index is 0.226. The molecule has 0 saturated carbocycles. The van der Waals surface area contributed by atoms with Gasteiger partial charge in [0.15, 0.2) is 0 Å². The quantitative estimate of drug-likeness (QED) is 0.878. The van der Waals surface area contributed by atoms with Crippen molar-refractivity contribution >= 4 is 28.1 Å². The summed E-state index contributed by atoms with van der Waals surface area (Å²) < 4.78 is 25.1. The van der Waals surface area contributed by atoms with Crippen molar-refractivity contribution in [3.8, 4) is 0 Å². The van der Waals surface area contributed by atoms with E-state index in [0.717, 1.165) is 0 Å². The molecule has 0 saturated heterocycles. The number of hydrogen-bond acceptors (Lipinski definition) is 2. The average molecular weight is 284 g/mol. The van der Waals surface area contributed by atoms with Crippen LogP contribution in [0.1, 0.15) is 5.56 Å². The van der Waals surface area contributed by atoms with Gasteiger partial charge in [-0.15, -0.1) is 0 Å². The van der Waals surface area contributed by atoms with Crippen molar-refractivity contribution in [2.45, 2.75) is 10.6 Å². The SMILES string of the molecule is Nc1cc(Cl)ccc1S(=O)Cc1cccc(F)c1. The lowest BCUT2D eigenvalue weighted by Crippen LogP contribution is -2.01. The second kappa shape index (κ2) is 5.50. The Kier molecular flexibility index (Phi) is 3.99. The van der Waals surface area contributed by atoms with E-state index in [0.29, 0.717) is 21.2 Å². The van der Waals surface area contributed by atoms with Crippen molar-refractivity contribution in [3.05, 3.63) is 58.9 Å². The molecular formula is C13H11ClFNOS. The summed E-state index contributed by atoms with van der Waals surface area (Å²) in [5.41, 5.74) is 6.81. The van der Waals surface area contributed by atoms with Crippen molar-refractivity contribution in [2.75, 3.05) is 5.73 Å². The second-order valence-corrected chi connectivity index (χ2v) is 5.66. The Morgan fingerprint density at radius 1 is 1.22 bits per heavy atom. The van der Waals surface area contributed by atoms with Crippen LogP contribution in [0, 0.1) is 5.82 Å². The van der Waals surface area contributed by atoms with Crippen LogP contribution in [-0.2, 0) is 16.6 Å². The largest absolute Gasteiger partial charge is 0.398 e. The highest BCUT2D eigenvalue weighted by molar-refractivity contribution is 7.84. The minimum atomic E-state index is -1.31. The minimum Gasteiger partial charge on any atom is -0.398 e. The Morgan fingerprint density at radius 2 is 2.00 bits per heavy atom. The summed E-state index contributed by atoms with van der Waals surface area (Å²) in [6, 6.07) is 10.9. The molecule has 0 aliphatic heterocycles. The lowest BCUT2D eigenvalue weighted by atomic mass is 10.2. The van der Waals surface area contributed by atoms with Crippen molar-refractivity contribution in [2.24, 2.45) is 0 Å². The summed E-state index contributed by atoms with van der Waals surface area (Å²) in [4.78, 5) is 0.517. The smallest absolute Gasteiger partial charge is 0.123 e. The fourth-order valence-corrected chi connectivity index (χ4v) is 2.94. The molecule has 0 radical (unpaired) electrons. The zero-order valence-corrected chi connectivity index (χ0v) is 11.0. The maximum atomic E-state index is 13.0. The summed E-state index contributed by atoms with van der Waals surface area (Å²) in [5, 5.41) is 0.499. The van der Waals surface area contributed by atoms with Gasteiger partial charge in [-0.05, 0) is 35.9 Å². The van der Waals surface area contributed by atoms with Crippen molar-refractivity contribution < 1.29 is 8.60 Å². The highest BCUT2D eigenvalue weighted by Crippen LogP contribution is 2.23. The Morgan fingerprint density at radius 3 is 2.67 bits per heavy atom. The maximum absolute atomic E-state index is 13.0. The summed E-state index contributed by atoms with van der Waals surface area (Å²) >= 11 is 5.77. The molecule has 94 valence electrons. The molecule has 2 rings (SSSR count). The molecule has 0 fully saturated rings. The van der Waals surface area contributed by atoms with E-state index in [1.807, 2.05) is 0 Å². The second-order valence-electron chi connectivity index (χ2n) is 3.80. The molecule has 0 aromatic heterocycles. The molecule has 1 atom stereocenters. The fraction of sp³-hybridized carbons (Fsp3) is 0.0769. The van der Waals surface area contributed by atoms with Gasteiger partial charge in [0, 0.05) is 10.7 Å². The van der Waals surface area contributed by atoms with Crippen LogP contribution in [0.2, 0.25) is 5.02 Å². The van der Waals surface area contributed by atoms with Gasteiger partial charge in [0.1, 0.15) is 5.82 Å². The molecule has 0 aliphatic rings. The Bertz CT molecular complexity index is 603. The van der Waals surface area contributed by atoms with E-state index in [1.54, 1.807) is 30.3 Å². The first kappa shape index (κ1) is 13.1. The topological polar surface area (TPSA) is 43.1 Å². The van der Waals surface area contributed by atoms with Crippen LogP contribution >= 0.6 is 11.6 Å². The molecule has 0 heterocycles. The summed E-state index contributed by atoms with van der Waals surface area (Å²) in [6.45, 7) is 0. The fourth-order valence-electron chi connectivity index (χ4n) is 1.58. The first-order valence-electron chi connectivity index (χ1n) is 5.24. The molecule has 2 nitrogen and oxygen atoms in total. The van der Waals surface area contributed by atoms with E-state index in [-0.39, 0.29) is 11.6 Å². The molecular weight excluding hydrogens is 273 g/mol. The highest BCUT2D eigenvalue weighted by atomic mass is 35.5. The van der Waals surface area contributed by atoms with Gasteiger partial charge in [-0.25, -0.2) is 4.39 Å². The van der Waals surface area contributed by atoms with Crippen LogP contribution < -0.4 is 5.73 Å². The van der Waals surface area contributed by atoms with Crippen LogP contribution in [0.3, 0.4) is 0 Å². The van der Waals surface area contributed by atoms with Gasteiger partial charge >= 0.3 is 0 Å². The van der Waals surface area contributed by atoms with Crippen LogP contribution in [0.15, 0.2) is 47.4 Å². The highest BCUT2D eigenvalue weighted by Gasteiger charge is 2.09. The third-order valence-electron chi connectivity index (χ3n) is 2.40. The monoisotopic (exact) mass is 283 g/mol. The van der Waals surface area contributed by atoms with Gasteiger partial charge in [0.25, 0.3) is 0 Å². The first-order valence-corrected chi connectivity index (χ1v) is 6.94. The number of rotatable bonds is 3. The first-order chi connectivity index (χ1) is 8.56. The lowest BCUT2D eigenvalue weighted by molar-refractivity contribution is 0.626. The number of nitrogen functional groups attached to an aromatic ring is 1. The molecule has 2 aromatic rings. The molecule has 1 unspecified atom stereocenters. The number of benzene rings is 2. The molecule has 18 heavy (non-hydrogen) atoms. The van der Waals surface area contributed by atoms with E-state index in [9.17, 15) is 8.60 Å². The number of hydrogen-bond donors (Lipinski definition) is 1. The Balaban J connectivity index is 2.22. The molecule has 0 bridgehead atoms. The van der Waals surface area contributed by atoms with Gasteiger partial charge in [-0.2, -0.15) is 0 Å². The van der Waals surface area contributed by atoms with E-state index in [4.69, 9.17) is 17.3 Å². The van der Waals surface area contributed by atoms with E-state index >= 15 is 0 Å². The Labute approximate surface area is 112 Å². The van der Waals surface area contributed by atoms with Gasteiger partial charge in [-0.1, -0.05) is 23.7 Å². The molecule has 0 aliphatic carbocycles. The molecule has 2 N–H and O–H groups in total. The molecule has 5 heteroatoms. The van der Waals surface area contributed by atoms with Crippen LogP contribution in [0.4, 0.5) is 10.1 Å². The standard InChI is InChI=1S/C13H11ClFNOS/c14-10-4-5-13(12(16)7-10)18(17)8-9-2-1-3-11(15)6-9/h1-7H,8,16H2. The third-order valence-corrected chi connectivity index (χ3v) is 4.10. The van der Waals surface area contributed by atoms with Crippen LogP contribution in [-0.4, -0.2) is 4.21 Å². The zero-order valence-electron chi connectivity index (χ0n) is 9.40. The number of anilines is 1. The molecule has 0 spiro atoms. The van der Waals surface area contributed by atoms with Gasteiger partial charge in [0.05, 0.1) is 21.4 Å². The lowest BCUT2D eigenvalue weighted by Gasteiger charge is -2.06. The van der Waals surface area contributed by atoms with E-state index in [2.05, 4.69) is 0 Å². The van der Waals surface area contributed by atoms with Crippen molar-refractivity contribution in [1.29, 1.82) is 0 Å². The van der Waals surface area contributed by atoms with Crippen molar-refractivity contribution in [3.63, 3.8) is 0 Å². The van der Waals surface area contributed by atoms with E-state index in [1.165, 1.54) is 12.1 Å². The van der Waals surface area contributed by atoms with E-state index < -0.39 is 10.8 Å². The van der Waals surface area contributed by atoms with Gasteiger partial charge in [0.2, 0.25) is 0 Å². The number of halogens is 2. The Hall–Kier alpha value is -1.39. The van der Waals surface area contributed by atoms with Gasteiger partial charge < -0.3 is 5.73 Å². The van der Waals surface area contributed by atoms with Crippen molar-refractivity contribution in [1.82, 2.24) is 0 Å². The predicted molar refractivity (Wildman–Crippen MR) is 72.4 cm³/mol. The summed E-state index contributed by atoms with van der Waals surface area (Å²) in [5.74, 6) is -0.113. The third kappa shape index (κ3) is 3.09.